The fourth-order valence-corrected chi connectivity index (χ4v) is 2.95. The van der Waals surface area contributed by atoms with E-state index in [2.05, 4.69) is 31.2 Å². The third kappa shape index (κ3) is 3.09. The highest BCUT2D eigenvalue weighted by Crippen LogP contribution is 2.32. The van der Waals surface area contributed by atoms with Gasteiger partial charge in [-0.3, -0.25) is 4.79 Å². The molecule has 3 heteroatoms. The summed E-state index contributed by atoms with van der Waals surface area (Å²) in [5.41, 5.74) is 2.81. The molecular formula is C18H14O2S. The average Bonchev–Trinajstić information content (AvgIpc) is 3.04. The summed E-state index contributed by atoms with van der Waals surface area (Å²) in [7, 11) is 0. The first-order chi connectivity index (χ1) is 10.3. The zero-order chi connectivity index (χ0) is 14.7. The number of hydrogen-bond acceptors (Lipinski definition) is 3. The van der Waals surface area contributed by atoms with Crippen molar-refractivity contribution in [1.82, 2.24) is 0 Å². The first kappa shape index (κ1) is 13.7. The molecule has 0 aliphatic rings. The largest absolute Gasteiger partial charge is 0.464 e. The van der Waals surface area contributed by atoms with Crippen molar-refractivity contribution in [3.63, 3.8) is 0 Å². The second kappa shape index (κ2) is 6.02. The molecule has 0 saturated heterocycles. The summed E-state index contributed by atoms with van der Waals surface area (Å²) in [6.45, 7) is 2.06. The highest BCUT2D eigenvalue weighted by molar-refractivity contribution is 7.99. The van der Waals surface area contributed by atoms with E-state index in [1.165, 1.54) is 5.56 Å². The molecular weight excluding hydrogens is 280 g/mol. The summed E-state index contributed by atoms with van der Waals surface area (Å²) in [6.07, 6.45) is 2.52. The molecule has 0 N–H and O–H groups in total. The molecule has 21 heavy (non-hydrogen) atoms. The number of carbonyl (C=O) groups excluding carboxylic acids is 1. The van der Waals surface area contributed by atoms with Crippen LogP contribution in [0.5, 0.6) is 0 Å². The molecule has 0 spiro atoms. The molecule has 0 unspecified atom stereocenters. The highest BCUT2D eigenvalue weighted by Gasteiger charge is 2.08. The van der Waals surface area contributed by atoms with Crippen LogP contribution >= 0.6 is 11.8 Å². The summed E-state index contributed by atoms with van der Waals surface area (Å²) in [6, 6.07) is 17.8. The summed E-state index contributed by atoms with van der Waals surface area (Å²) >= 11 is 1.59. The maximum atomic E-state index is 11.3. The second-order valence-electron chi connectivity index (χ2n) is 4.76. The van der Waals surface area contributed by atoms with Crippen molar-refractivity contribution in [2.45, 2.75) is 16.7 Å². The SMILES string of the molecule is Cc1ccc(Sc2ccc(-c3ccco3)cc2C=O)cc1. The minimum Gasteiger partial charge on any atom is -0.464 e. The van der Waals surface area contributed by atoms with E-state index in [-0.39, 0.29) is 0 Å². The van der Waals surface area contributed by atoms with Crippen LogP contribution in [0.4, 0.5) is 0 Å². The van der Waals surface area contributed by atoms with Gasteiger partial charge >= 0.3 is 0 Å². The van der Waals surface area contributed by atoms with Gasteiger partial charge in [-0.2, -0.15) is 0 Å². The summed E-state index contributed by atoms with van der Waals surface area (Å²) in [5.74, 6) is 0.769. The Morgan fingerprint density at radius 1 is 1.05 bits per heavy atom. The minimum atomic E-state index is 0.675. The summed E-state index contributed by atoms with van der Waals surface area (Å²) in [5, 5.41) is 0. The Morgan fingerprint density at radius 2 is 1.86 bits per heavy atom. The molecule has 104 valence electrons. The third-order valence-corrected chi connectivity index (χ3v) is 4.29. The Kier molecular flexibility index (Phi) is 3.93. The van der Waals surface area contributed by atoms with Crippen LogP contribution in [0.3, 0.4) is 0 Å². The van der Waals surface area contributed by atoms with Crippen LogP contribution in [0.2, 0.25) is 0 Å². The van der Waals surface area contributed by atoms with Gasteiger partial charge in [-0.1, -0.05) is 35.5 Å². The molecule has 2 aromatic carbocycles. The van der Waals surface area contributed by atoms with Gasteiger partial charge in [0.2, 0.25) is 0 Å². The normalized spacial score (nSPS) is 10.5. The van der Waals surface area contributed by atoms with Crippen LogP contribution in [0.25, 0.3) is 11.3 Å². The monoisotopic (exact) mass is 294 g/mol. The quantitative estimate of drug-likeness (QED) is 0.618. The van der Waals surface area contributed by atoms with Crippen LogP contribution in [0, 0.1) is 6.92 Å². The van der Waals surface area contributed by atoms with Gasteiger partial charge in [-0.15, -0.1) is 0 Å². The van der Waals surface area contributed by atoms with E-state index in [4.69, 9.17) is 4.42 Å². The lowest BCUT2D eigenvalue weighted by Gasteiger charge is -2.07. The van der Waals surface area contributed by atoms with E-state index >= 15 is 0 Å². The zero-order valence-corrected chi connectivity index (χ0v) is 12.4. The predicted octanol–water partition coefficient (Wildman–Crippen LogP) is 5.22. The van der Waals surface area contributed by atoms with Crippen LogP contribution in [-0.4, -0.2) is 6.29 Å². The van der Waals surface area contributed by atoms with E-state index in [1.54, 1.807) is 18.0 Å². The molecule has 0 saturated carbocycles. The number of benzene rings is 2. The van der Waals surface area contributed by atoms with Crippen LogP contribution in [-0.2, 0) is 0 Å². The van der Waals surface area contributed by atoms with E-state index < -0.39 is 0 Å². The number of rotatable bonds is 4. The molecule has 1 aromatic heterocycles. The molecule has 0 fully saturated rings. The third-order valence-electron chi connectivity index (χ3n) is 3.19. The van der Waals surface area contributed by atoms with Gasteiger partial charge in [-0.25, -0.2) is 0 Å². The predicted molar refractivity (Wildman–Crippen MR) is 84.8 cm³/mol. The average molecular weight is 294 g/mol. The lowest BCUT2D eigenvalue weighted by molar-refractivity contribution is 0.112. The lowest BCUT2D eigenvalue weighted by Crippen LogP contribution is -1.87. The van der Waals surface area contributed by atoms with Crippen molar-refractivity contribution >= 4 is 18.0 Å². The van der Waals surface area contributed by atoms with Crippen LogP contribution in [0.15, 0.2) is 75.1 Å². The molecule has 0 amide bonds. The number of aryl methyl sites for hydroxylation is 1. The van der Waals surface area contributed by atoms with E-state index in [9.17, 15) is 4.79 Å². The molecule has 0 bridgehead atoms. The van der Waals surface area contributed by atoms with Crippen molar-refractivity contribution in [1.29, 1.82) is 0 Å². The second-order valence-corrected chi connectivity index (χ2v) is 5.88. The topological polar surface area (TPSA) is 30.2 Å². The van der Waals surface area contributed by atoms with Crippen molar-refractivity contribution in [3.05, 3.63) is 72.0 Å². The number of aldehydes is 1. The molecule has 0 aliphatic carbocycles. The Morgan fingerprint density at radius 3 is 2.52 bits per heavy atom. The number of carbonyl (C=O) groups is 1. The Labute approximate surface area is 127 Å². The van der Waals surface area contributed by atoms with Gasteiger partial charge in [-0.05, 0) is 43.3 Å². The molecule has 0 radical (unpaired) electrons. The maximum absolute atomic E-state index is 11.3. The number of furan rings is 1. The van der Waals surface area contributed by atoms with Crippen LogP contribution in [0.1, 0.15) is 15.9 Å². The lowest BCUT2D eigenvalue weighted by atomic mass is 10.1. The molecule has 0 aliphatic heterocycles. The minimum absolute atomic E-state index is 0.675. The fourth-order valence-electron chi connectivity index (χ4n) is 2.06. The molecule has 0 atom stereocenters. The van der Waals surface area contributed by atoms with Gasteiger partial charge < -0.3 is 4.42 Å². The standard InChI is InChI=1S/C18H14O2S/c1-13-4-7-16(8-5-13)21-18-9-6-14(11-15(18)12-19)17-3-2-10-20-17/h2-12H,1H3. The Balaban J connectivity index is 1.92. The maximum Gasteiger partial charge on any atom is 0.151 e. The smallest absolute Gasteiger partial charge is 0.151 e. The van der Waals surface area contributed by atoms with Crippen molar-refractivity contribution < 1.29 is 9.21 Å². The van der Waals surface area contributed by atoms with E-state index in [0.29, 0.717) is 5.56 Å². The molecule has 3 rings (SSSR count). The first-order valence-corrected chi connectivity index (χ1v) is 7.45. The van der Waals surface area contributed by atoms with Gasteiger partial charge in [0.05, 0.1) is 6.26 Å². The molecule has 1 heterocycles. The molecule has 2 nitrogen and oxygen atoms in total. The van der Waals surface area contributed by atoms with Gasteiger partial charge in [0, 0.05) is 20.9 Å². The van der Waals surface area contributed by atoms with Gasteiger partial charge in [0.25, 0.3) is 0 Å². The van der Waals surface area contributed by atoms with E-state index in [0.717, 1.165) is 27.4 Å². The first-order valence-electron chi connectivity index (χ1n) is 6.64. The van der Waals surface area contributed by atoms with Gasteiger partial charge in [0.15, 0.2) is 6.29 Å². The highest BCUT2D eigenvalue weighted by atomic mass is 32.2. The summed E-state index contributed by atoms with van der Waals surface area (Å²) < 4.78 is 5.37. The van der Waals surface area contributed by atoms with Crippen LogP contribution < -0.4 is 0 Å². The van der Waals surface area contributed by atoms with E-state index in [1.807, 2.05) is 30.3 Å². The van der Waals surface area contributed by atoms with Crippen molar-refractivity contribution in [3.8, 4) is 11.3 Å². The Bertz CT molecular complexity index is 743. The van der Waals surface area contributed by atoms with Gasteiger partial charge in [0.1, 0.15) is 5.76 Å². The summed E-state index contributed by atoms with van der Waals surface area (Å²) in [4.78, 5) is 13.4. The van der Waals surface area contributed by atoms with Crippen molar-refractivity contribution in [2.24, 2.45) is 0 Å². The van der Waals surface area contributed by atoms with Crippen molar-refractivity contribution in [2.75, 3.05) is 0 Å². The number of hydrogen-bond donors (Lipinski definition) is 0. The Hall–Kier alpha value is -2.26. The zero-order valence-electron chi connectivity index (χ0n) is 11.6. The molecule has 3 aromatic rings. The fraction of sp³-hybridized carbons (Fsp3) is 0.0556.